The Morgan fingerprint density at radius 1 is 1.03 bits per heavy atom. The lowest BCUT2D eigenvalue weighted by Crippen LogP contribution is -2.28. The number of fused-ring (bicyclic) bond motifs is 1. The molecule has 2 heterocycles. The van der Waals surface area contributed by atoms with Crippen LogP contribution in [0, 0.1) is 0 Å². The van der Waals surface area contributed by atoms with Crippen LogP contribution in [0.5, 0.6) is 0 Å². The Morgan fingerprint density at radius 3 is 2.56 bits per heavy atom. The van der Waals surface area contributed by atoms with Crippen LogP contribution in [0.2, 0.25) is 5.02 Å². The molecule has 8 heteroatoms. The number of rotatable bonds is 10. The van der Waals surface area contributed by atoms with Crippen molar-refractivity contribution in [3.8, 4) is 11.4 Å². The number of hydrogen-bond acceptors (Lipinski definition) is 5. The van der Waals surface area contributed by atoms with E-state index in [4.69, 9.17) is 11.6 Å². The highest BCUT2D eigenvalue weighted by atomic mass is 35.5. The number of nitrogens with one attached hydrogen (secondary N) is 1. The number of anilines is 1. The van der Waals surface area contributed by atoms with Crippen molar-refractivity contribution in [3.05, 3.63) is 106 Å². The van der Waals surface area contributed by atoms with Crippen LogP contribution in [-0.2, 0) is 42.7 Å². The van der Waals surface area contributed by atoms with Crippen molar-refractivity contribution < 1.29 is 9.59 Å². The molecule has 0 saturated carbocycles. The van der Waals surface area contributed by atoms with Gasteiger partial charge in [0.15, 0.2) is 0 Å². The molecule has 0 spiro atoms. The van der Waals surface area contributed by atoms with Gasteiger partial charge in [-0.15, -0.1) is 0 Å². The zero-order valence-corrected chi connectivity index (χ0v) is 23.0. The third-order valence-corrected chi connectivity index (χ3v) is 7.43. The van der Waals surface area contributed by atoms with E-state index in [9.17, 15) is 9.59 Å². The molecule has 5 rings (SSSR count). The third-order valence-electron chi connectivity index (χ3n) is 7.20. The van der Waals surface area contributed by atoms with Crippen LogP contribution in [0.1, 0.15) is 34.2 Å². The van der Waals surface area contributed by atoms with E-state index in [2.05, 4.69) is 63.7 Å². The second kappa shape index (κ2) is 11.8. The summed E-state index contributed by atoms with van der Waals surface area (Å²) in [5.74, 6) is 1.49. The quantitative estimate of drug-likeness (QED) is 0.288. The van der Waals surface area contributed by atoms with Crippen molar-refractivity contribution in [1.82, 2.24) is 19.8 Å². The van der Waals surface area contributed by atoms with Gasteiger partial charge < -0.3 is 9.47 Å². The monoisotopic (exact) mass is 541 g/mol. The molecule has 2 amide bonds. The topological polar surface area (TPSA) is 70.5 Å². The van der Waals surface area contributed by atoms with E-state index in [1.165, 1.54) is 27.8 Å². The Bertz CT molecular complexity index is 1500. The number of carbonyl (C=O) groups excluding carboxylic acids is 2. The first-order valence-electron chi connectivity index (χ1n) is 13.0. The van der Waals surface area contributed by atoms with E-state index in [0.717, 1.165) is 48.3 Å². The van der Waals surface area contributed by atoms with E-state index in [1.807, 2.05) is 48.0 Å². The van der Waals surface area contributed by atoms with E-state index < -0.39 is 0 Å². The molecule has 200 valence electrons. The summed E-state index contributed by atoms with van der Waals surface area (Å²) < 4.78 is 2.04. The molecule has 0 saturated heterocycles. The highest BCUT2D eigenvalue weighted by Crippen LogP contribution is 2.30. The Hall–Kier alpha value is -3.94. The van der Waals surface area contributed by atoms with Crippen molar-refractivity contribution in [2.75, 3.05) is 18.5 Å². The number of carbonyl (C=O) groups is 2. The molecule has 39 heavy (non-hydrogen) atoms. The van der Waals surface area contributed by atoms with Crippen LogP contribution in [0.15, 0.2) is 72.9 Å². The minimum Gasteiger partial charge on any atom is -0.359 e. The first kappa shape index (κ1) is 26.7. The minimum absolute atomic E-state index is 0.230. The van der Waals surface area contributed by atoms with Gasteiger partial charge >= 0.3 is 0 Å². The smallest absolute Gasteiger partial charge is 0.228 e. The maximum absolute atomic E-state index is 11.6. The van der Waals surface area contributed by atoms with E-state index in [-0.39, 0.29) is 12.3 Å². The molecule has 1 N–H and O–H groups in total. The van der Waals surface area contributed by atoms with Gasteiger partial charge in [0.05, 0.1) is 6.20 Å². The summed E-state index contributed by atoms with van der Waals surface area (Å²) in [5, 5.41) is 2.95. The molecule has 1 aliphatic rings. The van der Waals surface area contributed by atoms with Crippen LogP contribution in [0.4, 0.5) is 5.82 Å². The van der Waals surface area contributed by atoms with Crippen molar-refractivity contribution in [1.29, 1.82) is 0 Å². The summed E-state index contributed by atoms with van der Waals surface area (Å²) >= 11 is 6.17. The molecule has 1 aromatic heterocycles. The Labute approximate surface area is 234 Å². The number of hydrogen-bond donors (Lipinski definition) is 1. The fraction of sp³-hybridized carbons (Fsp3) is 0.258. The second-order valence-electron chi connectivity index (χ2n) is 10.1. The fourth-order valence-corrected chi connectivity index (χ4v) is 5.45. The molecule has 0 aliphatic carbocycles. The van der Waals surface area contributed by atoms with Gasteiger partial charge in [0.1, 0.15) is 11.6 Å². The molecule has 4 aromatic rings. The van der Waals surface area contributed by atoms with E-state index in [0.29, 0.717) is 13.0 Å². The van der Waals surface area contributed by atoms with Gasteiger partial charge in [0.25, 0.3) is 0 Å². The number of imide groups is 1. The Morgan fingerprint density at radius 2 is 1.77 bits per heavy atom. The van der Waals surface area contributed by atoms with Gasteiger partial charge in [0, 0.05) is 57.3 Å². The maximum Gasteiger partial charge on any atom is 0.228 e. The Kier molecular flexibility index (Phi) is 8.10. The first-order valence-corrected chi connectivity index (χ1v) is 13.4. The summed E-state index contributed by atoms with van der Waals surface area (Å²) in [6.45, 7) is 3.19. The van der Waals surface area contributed by atoms with Crippen LogP contribution in [0.3, 0.4) is 0 Å². The van der Waals surface area contributed by atoms with Crippen molar-refractivity contribution in [2.24, 2.45) is 7.05 Å². The number of nitrogens with zero attached hydrogens (tertiary/aromatic N) is 4. The average molecular weight is 542 g/mol. The van der Waals surface area contributed by atoms with Crippen molar-refractivity contribution >= 4 is 29.7 Å². The molecule has 0 bridgehead atoms. The molecule has 1 aliphatic heterocycles. The van der Waals surface area contributed by atoms with Gasteiger partial charge in [0.2, 0.25) is 12.3 Å². The minimum atomic E-state index is -0.296. The van der Waals surface area contributed by atoms with Crippen LogP contribution in [-0.4, -0.2) is 40.4 Å². The van der Waals surface area contributed by atoms with Crippen LogP contribution >= 0.6 is 11.6 Å². The van der Waals surface area contributed by atoms with Crippen molar-refractivity contribution in [3.63, 3.8) is 0 Å². The maximum atomic E-state index is 11.6. The number of halogens is 1. The molecule has 0 atom stereocenters. The molecular weight excluding hydrogens is 510 g/mol. The van der Waals surface area contributed by atoms with Crippen molar-refractivity contribution in [2.45, 2.75) is 32.5 Å². The standard InChI is InChI=1S/C31H32ClN5O2/c1-35(12-11-29(39)34-21-38)30-17-33-31(36(30)2)25-9-10-26-19-37(20-27(26)16-25)18-24-7-3-5-22(14-24)13-23-6-4-8-28(32)15-23/h3-10,14-17,21H,11-13,18-20H2,1-2H3,(H,34,38,39). The number of benzene rings is 3. The van der Waals surface area contributed by atoms with E-state index in [1.54, 1.807) is 0 Å². The number of imidazole rings is 1. The van der Waals surface area contributed by atoms with Gasteiger partial charge in [-0.2, -0.15) is 0 Å². The zero-order chi connectivity index (χ0) is 27.4. The molecule has 0 radical (unpaired) electrons. The Balaban J connectivity index is 1.24. The highest BCUT2D eigenvalue weighted by Gasteiger charge is 2.21. The number of aromatic nitrogens is 2. The third kappa shape index (κ3) is 6.38. The largest absolute Gasteiger partial charge is 0.359 e. The van der Waals surface area contributed by atoms with E-state index >= 15 is 0 Å². The molecule has 0 fully saturated rings. The summed E-state index contributed by atoms with van der Waals surface area (Å²) in [5.41, 5.74) is 7.55. The molecule has 3 aromatic carbocycles. The molecule has 7 nitrogen and oxygen atoms in total. The van der Waals surface area contributed by atoms with Crippen LogP contribution < -0.4 is 10.2 Å². The SMILES string of the molecule is CN(CCC(=O)NC=O)c1cnc(-c2ccc3c(c2)CN(Cc2cccc(Cc4cccc(Cl)c4)c2)C3)n1C. The summed E-state index contributed by atoms with van der Waals surface area (Å²) in [7, 11) is 3.90. The normalized spacial score (nSPS) is 12.8. The first-order chi connectivity index (χ1) is 18.9. The predicted molar refractivity (Wildman–Crippen MR) is 154 cm³/mol. The lowest BCUT2D eigenvalue weighted by atomic mass is 10.0. The summed E-state index contributed by atoms with van der Waals surface area (Å²) in [6, 6.07) is 23.4. The summed E-state index contributed by atoms with van der Waals surface area (Å²) in [6.07, 6.45) is 3.33. The predicted octanol–water partition coefficient (Wildman–Crippen LogP) is 4.95. The number of amides is 2. The zero-order valence-electron chi connectivity index (χ0n) is 22.2. The van der Waals surface area contributed by atoms with Gasteiger partial charge in [-0.3, -0.25) is 19.8 Å². The summed E-state index contributed by atoms with van der Waals surface area (Å²) in [4.78, 5) is 31.2. The highest BCUT2D eigenvalue weighted by molar-refractivity contribution is 6.30. The second-order valence-corrected chi connectivity index (χ2v) is 10.5. The average Bonchev–Trinajstić information content (AvgIpc) is 3.49. The van der Waals surface area contributed by atoms with Gasteiger partial charge in [-0.05, 0) is 52.4 Å². The lowest BCUT2D eigenvalue weighted by Gasteiger charge is -2.19. The van der Waals surface area contributed by atoms with Crippen LogP contribution in [0.25, 0.3) is 11.4 Å². The molecule has 0 unspecified atom stereocenters. The lowest BCUT2D eigenvalue weighted by molar-refractivity contribution is -0.125. The van der Waals surface area contributed by atoms with Gasteiger partial charge in [-0.25, -0.2) is 4.98 Å². The van der Waals surface area contributed by atoms with Gasteiger partial charge in [-0.1, -0.05) is 60.1 Å². The molecular formula is C31H32ClN5O2. The fourth-order valence-electron chi connectivity index (χ4n) is 5.24.